The number of ether oxygens (including phenoxy) is 1. The predicted octanol–water partition coefficient (Wildman–Crippen LogP) is 2.47. The highest BCUT2D eigenvalue weighted by Gasteiger charge is 2.44. The summed E-state index contributed by atoms with van der Waals surface area (Å²) in [6.45, 7) is 1.58. The molecule has 10 nitrogen and oxygen atoms in total. The first-order valence-electron chi connectivity index (χ1n) is 11.5. The van der Waals surface area contributed by atoms with Crippen LogP contribution in [-0.4, -0.2) is 74.2 Å². The van der Waals surface area contributed by atoms with Gasteiger partial charge < -0.3 is 14.5 Å². The van der Waals surface area contributed by atoms with Crippen LogP contribution in [0.1, 0.15) is 25.0 Å². The molecule has 2 fully saturated rings. The van der Waals surface area contributed by atoms with Gasteiger partial charge in [-0.05, 0) is 25.0 Å². The number of rotatable bonds is 7. The van der Waals surface area contributed by atoms with Crippen molar-refractivity contribution in [3.63, 3.8) is 0 Å². The van der Waals surface area contributed by atoms with E-state index in [4.69, 9.17) is 16.3 Å². The fourth-order valence-electron chi connectivity index (χ4n) is 5.08. The third-order valence-electron chi connectivity index (χ3n) is 6.65. The lowest BCUT2D eigenvalue weighted by Gasteiger charge is -2.26. The molecule has 36 heavy (non-hydrogen) atoms. The van der Waals surface area contributed by atoms with Gasteiger partial charge in [-0.15, -0.1) is 0 Å². The summed E-state index contributed by atoms with van der Waals surface area (Å²) in [5.41, 5.74) is -2.26. The minimum atomic E-state index is -4.78. The van der Waals surface area contributed by atoms with Gasteiger partial charge >= 0.3 is 6.18 Å². The van der Waals surface area contributed by atoms with Crippen molar-refractivity contribution in [1.29, 1.82) is 0 Å². The number of carbonyl (C=O) groups is 1. The van der Waals surface area contributed by atoms with Crippen LogP contribution in [0.15, 0.2) is 29.3 Å². The molecular formula is C22H23ClF3N7O3. The first kappa shape index (κ1) is 24.5. The van der Waals surface area contributed by atoms with Crippen molar-refractivity contribution in [1.82, 2.24) is 29.9 Å². The Labute approximate surface area is 208 Å². The average Bonchev–Trinajstić information content (AvgIpc) is 3.53. The molecule has 1 N–H and O–H groups in total. The molecule has 0 bridgehead atoms. The highest BCUT2D eigenvalue weighted by Crippen LogP contribution is 2.35. The fraction of sp³-hybridized carbons (Fsp3) is 0.500. The molecule has 2 atom stereocenters. The number of pyridine rings is 1. The molecule has 5 rings (SSSR count). The first-order valence-corrected chi connectivity index (χ1v) is 11.9. The fourth-order valence-corrected chi connectivity index (χ4v) is 5.19. The number of amides is 1. The molecular weight excluding hydrogens is 503 g/mol. The molecule has 0 saturated carbocycles. The normalized spacial score (nSPS) is 19.9. The number of nitrogens with zero attached hydrogens (tertiary/aromatic N) is 6. The molecule has 2 aliphatic heterocycles. The SMILES string of the molecule is O=C(CCOCCn1nc(C(F)(F)F)c2c(=O)[nH]ncc21)N1CC[C@@H]2[C@H]1CCN2c1ccc(Cl)cn1. The third kappa shape index (κ3) is 4.64. The molecule has 0 unspecified atom stereocenters. The lowest BCUT2D eigenvalue weighted by Crippen LogP contribution is -2.40. The number of carbonyl (C=O) groups excluding carboxylic acids is 1. The monoisotopic (exact) mass is 525 g/mol. The van der Waals surface area contributed by atoms with Gasteiger partial charge in [-0.2, -0.15) is 23.4 Å². The number of H-pyrrole nitrogens is 1. The number of hydrogen-bond donors (Lipinski definition) is 1. The van der Waals surface area contributed by atoms with Gasteiger partial charge in [0.1, 0.15) is 11.2 Å². The molecule has 3 aromatic rings. The number of halogens is 4. The second-order valence-electron chi connectivity index (χ2n) is 8.72. The molecule has 0 radical (unpaired) electrons. The van der Waals surface area contributed by atoms with E-state index >= 15 is 0 Å². The largest absolute Gasteiger partial charge is 0.435 e. The Balaban J connectivity index is 1.13. The first-order chi connectivity index (χ1) is 17.2. The quantitative estimate of drug-likeness (QED) is 0.472. The van der Waals surface area contributed by atoms with Crippen LogP contribution in [0, 0.1) is 0 Å². The molecule has 3 aromatic heterocycles. The van der Waals surface area contributed by atoms with Gasteiger partial charge in [0.15, 0.2) is 5.69 Å². The second-order valence-corrected chi connectivity index (χ2v) is 9.15. The van der Waals surface area contributed by atoms with Gasteiger partial charge in [-0.25, -0.2) is 10.1 Å². The van der Waals surface area contributed by atoms with Crippen LogP contribution in [0.4, 0.5) is 19.0 Å². The van der Waals surface area contributed by atoms with Crippen molar-refractivity contribution in [3.05, 3.63) is 45.6 Å². The summed E-state index contributed by atoms with van der Waals surface area (Å²) >= 11 is 5.94. The maximum absolute atomic E-state index is 13.3. The number of fused-ring (bicyclic) bond motifs is 2. The van der Waals surface area contributed by atoms with Crippen LogP contribution >= 0.6 is 11.6 Å². The van der Waals surface area contributed by atoms with Crippen LogP contribution in [0.2, 0.25) is 5.02 Å². The van der Waals surface area contributed by atoms with E-state index in [1.54, 1.807) is 12.3 Å². The summed E-state index contributed by atoms with van der Waals surface area (Å²) in [5, 5.41) is 9.13. The predicted molar refractivity (Wildman–Crippen MR) is 124 cm³/mol. The number of alkyl halides is 3. The van der Waals surface area contributed by atoms with Crippen molar-refractivity contribution in [3.8, 4) is 0 Å². The average molecular weight is 526 g/mol. The van der Waals surface area contributed by atoms with Crippen molar-refractivity contribution in [2.45, 2.75) is 44.1 Å². The Morgan fingerprint density at radius 2 is 1.97 bits per heavy atom. The number of likely N-dealkylation sites (tertiary alicyclic amines) is 1. The molecule has 0 aromatic carbocycles. The Kier molecular flexibility index (Phi) is 6.60. The topological polar surface area (TPSA) is 109 Å². The van der Waals surface area contributed by atoms with E-state index in [-0.39, 0.29) is 49.7 Å². The summed E-state index contributed by atoms with van der Waals surface area (Å²) in [4.78, 5) is 33.2. The highest BCUT2D eigenvalue weighted by molar-refractivity contribution is 6.30. The van der Waals surface area contributed by atoms with E-state index in [1.165, 1.54) is 0 Å². The van der Waals surface area contributed by atoms with E-state index in [0.717, 1.165) is 36.1 Å². The van der Waals surface area contributed by atoms with E-state index < -0.39 is 22.8 Å². The molecule has 0 aliphatic carbocycles. The van der Waals surface area contributed by atoms with Crippen LogP contribution in [0.25, 0.3) is 10.9 Å². The second kappa shape index (κ2) is 9.69. The number of hydrogen-bond acceptors (Lipinski definition) is 7. The van der Waals surface area contributed by atoms with Crippen molar-refractivity contribution in [2.75, 3.05) is 31.2 Å². The van der Waals surface area contributed by atoms with Gasteiger partial charge in [0, 0.05) is 19.3 Å². The number of nitrogens with one attached hydrogen (secondary N) is 1. The standard InChI is InChI=1S/C22H23ClF3N7O3/c23-13-1-2-17(27-11-13)31-6-3-15-14(31)4-7-32(15)18(34)5-9-36-10-8-33-16-12-28-29-21(35)19(16)20(30-33)22(24,25)26/h1-2,11-12,14-15H,3-10H2,(H,29,35)/t14-,15-/m1/s1. The number of anilines is 1. The summed E-state index contributed by atoms with van der Waals surface area (Å²) < 4.78 is 46.4. The van der Waals surface area contributed by atoms with Crippen LogP contribution in [0.3, 0.4) is 0 Å². The number of aromatic nitrogens is 5. The minimum absolute atomic E-state index is 0.0203. The molecule has 0 spiro atoms. The molecule has 2 saturated heterocycles. The Hall–Kier alpha value is -3.19. The highest BCUT2D eigenvalue weighted by atomic mass is 35.5. The van der Waals surface area contributed by atoms with Gasteiger partial charge in [0.05, 0.1) is 55.0 Å². The molecule has 1 amide bonds. The maximum atomic E-state index is 13.3. The molecule has 14 heteroatoms. The van der Waals surface area contributed by atoms with Gasteiger partial charge in [-0.1, -0.05) is 11.6 Å². The smallest absolute Gasteiger partial charge is 0.379 e. The number of aromatic amines is 1. The summed E-state index contributed by atoms with van der Waals surface area (Å²) in [7, 11) is 0. The van der Waals surface area contributed by atoms with E-state index in [0.29, 0.717) is 11.6 Å². The van der Waals surface area contributed by atoms with Crippen LogP contribution in [0.5, 0.6) is 0 Å². The summed E-state index contributed by atoms with van der Waals surface area (Å²) in [6, 6.07) is 4.00. The Bertz CT molecular complexity index is 1310. The lowest BCUT2D eigenvalue weighted by atomic mass is 10.1. The molecule has 5 heterocycles. The van der Waals surface area contributed by atoms with Gasteiger partial charge in [0.2, 0.25) is 5.91 Å². The zero-order chi connectivity index (χ0) is 25.4. The molecule has 2 aliphatic rings. The van der Waals surface area contributed by atoms with Crippen molar-refractivity contribution < 1.29 is 22.7 Å². The van der Waals surface area contributed by atoms with Gasteiger partial charge in [0.25, 0.3) is 5.56 Å². The zero-order valence-electron chi connectivity index (χ0n) is 19.0. The Morgan fingerprint density at radius 3 is 2.72 bits per heavy atom. The van der Waals surface area contributed by atoms with E-state index in [2.05, 4.69) is 20.1 Å². The van der Waals surface area contributed by atoms with E-state index in [9.17, 15) is 22.8 Å². The third-order valence-corrected chi connectivity index (χ3v) is 6.87. The van der Waals surface area contributed by atoms with Crippen LogP contribution < -0.4 is 10.5 Å². The minimum Gasteiger partial charge on any atom is -0.379 e. The summed E-state index contributed by atoms with van der Waals surface area (Å²) in [6.07, 6.45) is -0.179. The summed E-state index contributed by atoms with van der Waals surface area (Å²) in [5.74, 6) is 0.828. The molecule has 192 valence electrons. The Morgan fingerprint density at radius 1 is 1.17 bits per heavy atom. The maximum Gasteiger partial charge on any atom is 0.435 e. The van der Waals surface area contributed by atoms with E-state index in [1.807, 2.05) is 16.1 Å². The van der Waals surface area contributed by atoms with Crippen LogP contribution in [-0.2, 0) is 22.3 Å². The van der Waals surface area contributed by atoms with Crippen molar-refractivity contribution in [2.24, 2.45) is 0 Å². The lowest BCUT2D eigenvalue weighted by molar-refractivity contribution is -0.140. The van der Waals surface area contributed by atoms with Crippen molar-refractivity contribution >= 4 is 34.2 Å². The zero-order valence-corrected chi connectivity index (χ0v) is 19.8. The van der Waals surface area contributed by atoms with Gasteiger partial charge in [-0.3, -0.25) is 14.3 Å².